The number of benzene rings is 1. The summed E-state index contributed by atoms with van der Waals surface area (Å²) in [5, 5.41) is 3.45. The molecule has 10 heteroatoms. The molecule has 1 aliphatic carbocycles. The van der Waals surface area contributed by atoms with Crippen molar-refractivity contribution in [3.05, 3.63) is 41.7 Å². The minimum atomic E-state index is -0.978. The Labute approximate surface area is 249 Å². The molecule has 39 heavy (non-hydrogen) atoms. The van der Waals surface area contributed by atoms with E-state index in [1.165, 1.54) is 0 Å². The molecule has 1 aromatic carbocycles. The molecule has 0 saturated heterocycles. The van der Waals surface area contributed by atoms with Crippen molar-refractivity contribution in [3.63, 3.8) is 0 Å². The number of hydrogen-bond donors (Lipinski definition) is 2. The second-order valence-electron chi connectivity index (χ2n) is 12.5. The molecular formula is C29H44IN3O5Si. The van der Waals surface area contributed by atoms with Gasteiger partial charge in [0.2, 0.25) is 0 Å². The number of imidazole rings is 1. The summed E-state index contributed by atoms with van der Waals surface area (Å²) in [6, 6.07) is 5.21. The lowest BCUT2D eigenvalue weighted by atomic mass is 9.83. The first kappa shape index (κ1) is 31.6. The number of nitrogens with one attached hydrogen (secondary N) is 2. The average Bonchev–Trinajstić information content (AvgIpc) is 3.22. The van der Waals surface area contributed by atoms with Crippen molar-refractivity contribution in [1.29, 1.82) is 0 Å². The van der Waals surface area contributed by atoms with Gasteiger partial charge in [-0.15, -0.1) is 0 Å². The van der Waals surface area contributed by atoms with Crippen molar-refractivity contribution >= 4 is 55.9 Å². The number of aromatic amines is 1. The molecule has 8 nitrogen and oxygen atoms in total. The van der Waals surface area contributed by atoms with Crippen LogP contribution in [0.15, 0.2) is 30.4 Å². The van der Waals surface area contributed by atoms with Gasteiger partial charge in [-0.1, -0.05) is 47.7 Å². The molecule has 1 heterocycles. The minimum absolute atomic E-state index is 0.178. The number of rotatable bonds is 8. The van der Waals surface area contributed by atoms with Crippen LogP contribution in [0.5, 0.6) is 0 Å². The zero-order chi connectivity index (χ0) is 29.2. The van der Waals surface area contributed by atoms with E-state index in [4.69, 9.17) is 19.2 Å². The Balaban J connectivity index is 2.09. The Hall–Kier alpha value is -1.92. The van der Waals surface area contributed by atoms with Crippen LogP contribution in [0, 0.1) is 0 Å². The molecule has 1 unspecified atom stereocenters. The van der Waals surface area contributed by atoms with Crippen molar-refractivity contribution in [3.8, 4) is 0 Å². The summed E-state index contributed by atoms with van der Waals surface area (Å²) in [5.41, 5.74) is 1.74. The summed E-state index contributed by atoms with van der Waals surface area (Å²) in [6.07, 6.45) is 3.41. The highest BCUT2D eigenvalue weighted by molar-refractivity contribution is 14.1. The van der Waals surface area contributed by atoms with E-state index in [2.05, 4.69) is 46.4 Å². The van der Waals surface area contributed by atoms with Gasteiger partial charge in [0, 0.05) is 17.4 Å². The van der Waals surface area contributed by atoms with E-state index in [9.17, 15) is 9.59 Å². The lowest BCUT2D eigenvalue weighted by Gasteiger charge is -2.37. The van der Waals surface area contributed by atoms with E-state index in [1.54, 1.807) is 14.0 Å². The number of alkyl halides is 1. The molecule has 0 radical (unpaired) electrons. The number of esters is 1. The van der Waals surface area contributed by atoms with Crippen molar-refractivity contribution in [2.45, 2.75) is 92.7 Å². The minimum Gasteiger partial charge on any atom is -0.465 e. The van der Waals surface area contributed by atoms with Gasteiger partial charge in [0.15, 0.2) is 0 Å². The highest BCUT2D eigenvalue weighted by atomic mass is 127. The third-order valence-electron chi connectivity index (χ3n) is 7.55. The fraction of sp³-hybridized carbons (Fsp3) is 0.621. The van der Waals surface area contributed by atoms with E-state index >= 15 is 0 Å². The van der Waals surface area contributed by atoms with Gasteiger partial charge in [-0.25, -0.2) is 9.78 Å². The number of fused-ring (bicyclic) bond motifs is 1. The van der Waals surface area contributed by atoms with E-state index in [0.29, 0.717) is 10.9 Å². The molecular weight excluding hydrogens is 625 g/mol. The number of aromatic nitrogens is 2. The summed E-state index contributed by atoms with van der Waals surface area (Å²) in [5.74, 6) is 0.285. The number of alkyl carbamates (subject to hydrolysis) is 1. The van der Waals surface area contributed by atoms with Gasteiger partial charge in [0.1, 0.15) is 22.9 Å². The quantitative estimate of drug-likeness (QED) is 0.0970. The maximum Gasteiger partial charge on any atom is 0.408 e. The molecule has 1 amide bonds. The van der Waals surface area contributed by atoms with Crippen LogP contribution < -0.4 is 5.32 Å². The number of nitrogens with zero attached hydrogens (tertiary/aromatic N) is 1. The van der Waals surface area contributed by atoms with Gasteiger partial charge in [0.05, 0.1) is 27.7 Å². The van der Waals surface area contributed by atoms with Gasteiger partial charge >= 0.3 is 12.1 Å². The fourth-order valence-corrected chi connectivity index (χ4v) is 6.53. The largest absolute Gasteiger partial charge is 0.465 e. The van der Waals surface area contributed by atoms with Gasteiger partial charge in [0.25, 0.3) is 0 Å². The molecule has 216 valence electrons. The third-order valence-corrected chi connectivity index (χ3v) is 10.5. The smallest absolute Gasteiger partial charge is 0.408 e. The number of carbonyl (C=O) groups excluding carboxylic acids is 2. The van der Waals surface area contributed by atoms with E-state index in [1.807, 2.05) is 45.9 Å². The predicted molar refractivity (Wildman–Crippen MR) is 167 cm³/mol. The Morgan fingerprint density at radius 3 is 2.56 bits per heavy atom. The Kier molecular flexibility index (Phi) is 9.64. The van der Waals surface area contributed by atoms with Crippen LogP contribution in [-0.2, 0) is 24.4 Å². The van der Waals surface area contributed by atoms with E-state index in [0.717, 1.165) is 58.1 Å². The molecule has 2 N–H and O–H groups in total. The second-order valence-corrected chi connectivity index (χ2v) is 16.9. The third kappa shape index (κ3) is 7.24. The van der Waals surface area contributed by atoms with E-state index < -0.39 is 26.6 Å². The Morgan fingerprint density at radius 2 is 1.95 bits per heavy atom. The zero-order valence-electron chi connectivity index (χ0n) is 24.6. The molecule has 0 bridgehead atoms. The molecule has 1 aromatic heterocycles. The number of amides is 1. The molecule has 3 rings (SSSR count). The highest BCUT2D eigenvalue weighted by Gasteiger charge is 2.46. The van der Waals surface area contributed by atoms with Crippen LogP contribution in [-0.4, -0.2) is 61.6 Å². The zero-order valence-corrected chi connectivity index (χ0v) is 28.8. The second kappa shape index (κ2) is 11.9. The Morgan fingerprint density at radius 1 is 1.26 bits per heavy atom. The van der Waals surface area contributed by atoms with Crippen molar-refractivity contribution < 1.29 is 23.8 Å². The van der Waals surface area contributed by atoms with Crippen molar-refractivity contribution in [2.24, 2.45) is 0 Å². The number of methoxy groups -OCH3 is 1. The molecule has 2 aromatic rings. The predicted octanol–water partition coefficient (Wildman–Crippen LogP) is 5.44. The van der Waals surface area contributed by atoms with Crippen molar-refractivity contribution in [2.75, 3.05) is 20.3 Å². The van der Waals surface area contributed by atoms with Gasteiger partial charge in [-0.2, -0.15) is 0 Å². The van der Waals surface area contributed by atoms with Gasteiger partial charge < -0.3 is 24.5 Å². The summed E-state index contributed by atoms with van der Waals surface area (Å²) < 4.78 is 16.0. The highest BCUT2D eigenvalue weighted by Crippen LogP contribution is 2.52. The van der Waals surface area contributed by atoms with Crippen LogP contribution in [0.4, 0.5) is 4.79 Å². The summed E-state index contributed by atoms with van der Waals surface area (Å²) in [4.78, 5) is 34.4. The Bertz CT molecular complexity index is 1220. The lowest BCUT2D eigenvalue weighted by Crippen LogP contribution is -2.45. The van der Waals surface area contributed by atoms with Crippen molar-refractivity contribution in [1.82, 2.24) is 15.3 Å². The maximum absolute atomic E-state index is 13.1. The monoisotopic (exact) mass is 669 g/mol. The molecule has 0 spiro atoms. The number of H-pyrrole nitrogens is 1. The number of carbonyl (C=O) groups is 2. The fourth-order valence-electron chi connectivity index (χ4n) is 5.04. The average molecular weight is 670 g/mol. The topological polar surface area (TPSA) is 103 Å². The van der Waals surface area contributed by atoms with Gasteiger partial charge in [-0.05, 0) is 83.0 Å². The summed E-state index contributed by atoms with van der Waals surface area (Å²) >= 11 is 2.47. The molecule has 1 fully saturated rings. The summed E-state index contributed by atoms with van der Waals surface area (Å²) in [6.45, 7) is 16.5. The molecule has 0 aliphatic heterocycles. The summed E-state index contributed by atoms with van der Waals surface area (Å²) in [7, 11) is 2.67. The van der Waals surface area contributed by atoms with Gasteiger partial charge in [-0.3, -0.25) is 4.79 Å². The standard InChI is InChI=1S/C29H44IN3O5Si/c1-9-37-24(34)28(7,17-36-8)19-10-11-20-21(16-19)32-23(31-20)22(33-25(35)38-26(3,4)5)29(30)15-14-27(6,39)13-12-18(29)2/h10-11,16,22H,2,9,12-15,17H2,1,3-8,39H3,(H,31,32)(H,33,35)/t22-,27-,28?,29+/m1/s1. The number of halogens is 1. The van der Waals surface area contributed by atoms with Crippen LogP contribution in [0.25, 0.3) is 11.0 Å². The number of hydrogen-bond acceptors (Lipinski definition) is 6. The van der Waals surface area contributed by atoms with Crippen LogP contribution >= 0.6 is 22.6 Å². The molecule has 1 saturated carbocycles. The lowest BCUT2D eigenvalue weighted by molar-refractivity contribution is -0.151. The van der Waals surface area contributed by atoms with Crippen LogP contribution in [0.3, 0.4) is 0 Å². The molecule has 4 atom stereocenters. The first-order valence-corrected chi connectivity index (χ1v) is 15.7. The van der Waals surface area contributed by atoms with Crippen LogP contribution in [0.2, 0.25) is 5.04 Å². The van der Waals surface area contributed by atoms with Crippen LogP contribution in [0.1, 0.15) is 84.7 Å². The SMILES string of the molecule is C=C1CC[C@@](C)([SiH3])CC[C@@]1(I)[C@H](NC(=O)OC(C)(C)C)c1nc2ccc(C(C)(COC)C(=O)OCC)cc2[nH]1. The molecule has 1 aliphatic rings. The normalized spacial score (nSPS) is 24.6. The first-order valence-electron chi connectivity index (χ1n) is 13.6. The maximum atomic E-state index is 13.1. The number of ether oxygens (including phenoxy) is 3. The van der Waals surface area contributed by atoms with E-state index in [-0.39, 0.29) is 19.2 Å². The first-order chi connectivity index (χ1) is 18.0.